The van der Waals surface area contributed by atoms with Crippen molar-refractivity contribution in [3.05, 3.63) is 12.2 Å². The monoisotopic (exact) mass is 486 g/mol. The van der Waals surface area contributed by atoms with Crippen LogP contribution in [0.5, 0.6) is 0 Å². The van der Waals surface area contributed by atoms with Crippen LogP contribution in [0.2, 0.25) is 0 Å². The number of hydrogen-bond donors (Lipinski definition) is 2. The summed E-state index contributed by atoms with van der Waals surface area (Å²) in [6.45, 7) is 11.8. The Kier molecular flexibility index (Phi) is 5.27. The van der Waals surface area contributed by atoms with Crippen molar-refractivity contribution >= 4 is 5.97 Å². The number of hydrogen-bond acceptors (Lipinski definition) is 5. The lowest BCUT2D eigenvalue weighted by atomic mass is 9.41. The molecular weight excluding hydrogens is 440 g/mol. The van der Waals surface area contributed by atoms with Crippen LogP contribution in [0.4, 0.5) is 0 Å². The third-order valence-electron chi connectivity index (χ3n) is 13.3. The Hall–Kier alpha value is -0.650. The van der Waals surface area contributed by atoms with Gasteiger partial charge in [-0.05, 0) is 97.2 Å². The Balaban J connectivity index is 1.31. The molecule has 5 aliphatic carbocycles. The van der Waals surface area contributed by atoms with E-state index >= 15 is 0 Å². The molecule has 1 aliphatic heterocycles. The third kappa shape index (κ3) is 2.79. The van der Waals surface area contributed by atoms with Crippen molar-refractivity contribution < 1.29 is 24.5 Å². The molecule has 0 amide bonds. The summed E-state index contributed by atoms with van der Waals surface area (Å²) in [4.78, 5) is 11.8. The number of aliphatic hydroxyl groups excluding tert-OH is 2. The number of carbonyl (C=O) groups is 1. The number of ether oxygens (including phenoxy) is 2. The number of carbonyl (C=O) groups excluding carboxylic acids is 1. The van der Waals surface area contributed by atoms with Crippen LogP contribution in [-0.2, 0) is 14.3 Å². The summed E-state index contributed by atoms with van der Waals surface area (Å²) in [5.41, 5.74) is 0.465. The minimum Gasteiger partial charge on any atom is -0.469 e. The SMILES string of the molecule is COC(=O)CC[C]1C[C@@H](C)C2[C](O1)[C@H](O)[C@@]1(C)[C@@H]3CC[C@H]4C(C)(C)C(O)CC[C@@]45CC35CC[C@]21C. The van der Waals surface area contributed by atoms with Crippen LogP contribution >= 0.6 is 0 Å². The molecule has 2 spiro atoms. The highest BCUT2D eigenvalue weighted by atomic mass is 16.5. The van der Waals surface area contributed by atoms with E-state index in [2.05, 4.69) is 34.6 Å². The number of esters is 1. The Bertz CT molecular complexity index is 901. The summed E-state index contributed by atoms with van der Waals surface area (Å²) < 4.78 is 11.4. The number of rotatable bonds is 3. The van der Waals surface area contributed by atoms with Gasteiger partial charge in [0.2, 0.25) is 0 Å². The van der Waals surface area contributed by atoms with Gasteiger partial charge in [0.05, 0.1) is 25.4 Å². The Morgan fingerprint density at radius 1 is 1.03 bits per heavy atom. The minimum atomic E-state index is -0.563. The molecule has 1 saturated heterocycles. The molecule has 1 heterocycles. The number of fused-ring (bicyclic) bond motifs is 4. The first-order valence-electron chi connectivity index (χ1n) is 14.2. The molecule has 5 nitrogen and oxygen atoms in total. The van der Waals surface area contributed by atoms with Crippen molar-refractivity contribution in [2.24, 2.45) is 50.7 Å². The molecule has 10 atom stereocenters. The first kappa shape index (κ1) is 24.7. The second kappa shape index (κ2) is 7.47. The first-order chi connectivity index (χ1) is 16.4. The Labute approximate surface area is 211 Å². The van der Waals surface area contributed by atoms with E-state index in [0.29, 0.717) is 41.4 Å². The normalized spacial score (nSPS) is 54.6. The topological polar surface area (TPSA) is 76.0 Å². The van der Waals surface area contributed by atoms with Crippen molar-refractivity contribution in [2.45, 2.75) is 111 Å². The van der Waals surface area contributed by atoms with Crippen LogP contribution in [-0.4, -0.2) is 35.5 Å². The second-order valence-electron chi connectivity index (χ2n) is 14.4. The van der Waals surface area contributed by atoms with Gasteiger partial charge in [0.1, 0.15) is 6.10 Å². The average Bonchev–Trinajstić information content (AvgIpc) is 3.45. The zero-order chi connectivity index (χ0) is 25.2. The van der Waals surface area contributed by atoms with Crippen LogP contribution in [0.3, 0.4) is 0 Å². The summed E-state index contributed by atoms with van der Waals surface area (Å²) in [5, 5.41) is 23.0. The molecule has 5 saturated carbocycles. The van der Waals surface area contributed by atoms with Gasteiger partial charge in [-0.2, -0.15) is 0 Å². The average molecular weight is 487 g/mol. The summed E-state index contributed by atoms with van der Waals surface area (Å²) in [6.07, 6.45) is 10.9. The molecular formula is C30H46O5. The van der Waals surface area contributed by atoms with Crippen LogP contribution in [0.15, 0.2) is 0 Å². The van der Waals surface area contributed by atoms with Crippen molar-refractivity contribution in [3.8, 4) is 0 Å². The fourth-order valence-corrected chi connectivity index (χ4v) is 11.5. The molecule has 196 valence electrons. The molecule has 0 aromatic heterocycles. The highest BCUT2D eigenvalue weighted by Crippen LogP contribution is 2.89. The van der Waals surface area contributed by atoms with E-state index in [-0.39, 0.29) is 34.2 Å². The van der Waals surface area contributed by atoms with Gasteiger partial charge in [-0.15, -0.1) is 0 Å². The predicted octanol–water partition coefficient (Wildman–Crippen LogP) is 5.44. The van der Waals surface area contributed by atoms with Gasteiger partial charge in [0.25, 0.3) is 0 Å². The lowest BCUT2D eigenvalue weighted by Gasteiger charge is -2.63. The van der Waals surface area contributed by atoms with Crippen LogP contribution < -0.4 is 0 Å². The predicted molar refractivity (Wildman–Crippen MR) is 132 cm³/mol. The molecule has 0 aromatic rings. The maximum atomic E-state index is 12.1. The number of methoxy groups -OCH3 is 1. The van der Waals surface area contributed by atoms with Crippen molar-refractivity contribution in [3.63, 3.8) is 0 Å². The van der Waals surface area contributed by atoms with Crippen LogP contribution in [0, 0.1) is 63.0 Å². The van der Waals surface area contributed by atoms with Gasteiger partial charge >= 0.3 is 5.97 Å². The van der Waals surface area contributed by atoms with Crippen molar-refractivity contribution in [2.75, 3.05) is 7.11 Å². The molecule has 6 rings (SSSR count). The molecule has 0 bridgehead atoms. The van der Waals surface area contributed by atoms with Crippen molar-refractivity contribution in [1.82, 2.24) is 0 Å². The highest BCUT2D eigenvalue weighted by molar-refractivity contribution is 5.69. The molecule has 5 heteroatoms. The lowest BCUT2D eigenvalue weighted by molar-refractivity contribution is -0.181. The van der Waals surface area contributed by atoms with E-state index in [1.807, 2.05) is 0 Å². The summed E-state index contributed by atoms with van der Waals surface area (Å²) in [6, 6.07) is 0. The third-order valence-corrected chi connectivity index (χ3v) is 13.3. The van der Waals surface area contributed by atoms with Gasteiger partial charge in [0.15, 0.2) is 0 Å². The number of aliphatic hydroxyl groups is 2. The zero-order valence-corrected chi connectivity index (χ0v) is 22.7. The second-order valence-corrected chi connectivity index (χ2v) is 14.4. The van der Waals surface area contributed by atoms with Gasteiger partial charge < -0.3 is 19.7 Å². The molecule has 2 radical (unpaired) electrons. The smallest absolute Gasteiger partial charge is 0.305 e. The van der Waals surface area contributed by atoms with Gasteiger partial charge in [-0.3, -0.25) is 4.79 Å². The maximum Gasteiger partial charge on any atom is 0.305 e. The fraction of sp³-hybridized carbons (Fsp3) is 0.900. The summed E-state index contributed by atoms with van der Waals surface area (Å²) in [5.74, 6) is 1.54. The Morgan fingerprint density at radius 3 is 2.43 bits per heavy atom. The molecule has 0 aromatic carbocycles. The van der Waals surface area contributed by atoms with E-state index in [1.165, 1.54) is 26.4 Å². The van der Waals surface area contributed by atoms with Gasteiger partial charge in [-0.1, -0.05) is 34.6 Å². The van der Waals surface area contributed by atoms with Gasteiger partial charge in [-0.25, -0.2) is 0 Å². The highest BCUT2D eigenvalue weighted by Gasteiger charge is 2.84. The standard InChI is InChI=1S/C30H46O5/c1-17-15-18(7-10-22(32)34-6)35-24-23(17)27(4)13-14-30-16-29(30)12-11-21(31)26(2,3)19(29)8-9-20(30)28(27,5)25(24)33/h17,19-21,23,25,31,33H,7-16H2,1-6H3/t17-,19+,20+,21?,23?,25+,27-,28-,29-,30?/m1/s1. The minimum absolute atomic E-state index is 0.0191. The zero-order valence-electron chi connectivity index (χ0n) is 22.7. The van der Waals surface area contributed by atoms with E-state index in [1.54, 1.807) is 0 Å². The summed E-state index contributed by atoms with van der Waals surface area (Å²) >= 11 is 0. The fourth-order valence-electron chi connectivity index (χ4n) is 11.5. The first-order valence-corrected chi connectivity index (χ1v) is 14.2. The maximum absolute atomic E-state index is 12.1. The quantitative estimate of drug-likeness (QED) is 0.520. The molecule has 3 unspecified atom stereocenters. The Morgan fingerprint density at radius 2 is 1.71 bits per heavy atom. The van der Waals surface area contributed by atoms with E-state index in [4.69, 9.17) is 9.47 Å². The molecule has 6 aliphatic rings. The van der Waals surface area contributed by atoms with Gasteiger partial charge in [0, 0.05) is 17.8 Å². The van der Waals surface area contributed by atoms with Crippen LogP contribution in [0.25, 0.3) is 0 Å². The molecule has 35 heavy (non-hydrogen) atoms. The van der Waals surface area contributed by atoms with E-state index in [9.17, 15) is 15.0 Å². The van der Waals surface area contributed by atoms with Crippen LogP contribution in [0.1, 0.15) is 98.8 Å². The molecule has 2 N–H and O–H groups in total. The lowest BCUT2D eigenvalue weighted by Crippen LogP contribution is -2.59. The summed E-state index contributed by atoms with van der Waals surface area (Å²) in [7, 11) is 1.43. The van der Waals surface area contributed by atoms with E-state index < -0.39 is 6.10 Å². The largest absolute Gasteiger partial charge is 0.469 e. The van der Waals surface area contributed by atoms with Crippen molar-refractivity contribution in [1.29, 1.82) is 0 Å². The van der Waals surface area contributed by atoms with E-state index in [0.717, 1.165) is 44.3 Å². The molecule has 6 fully saturated rings.